The molecule has 0 saturated heterocycles. The van der Waals surface area contributed by atoms with Crippen molar-refractivity contribution in [1.29, 1.82) is 0 Å². The number of rotatable bonds is 5. The average Bonchev–Trinajstić information content (AvgIpc) is 2.42. The zero-order chi connectivity index (χ0) is 13.8. The van der Waals surface area contributed by atoms with Crippen molar-refractivity contribution < 1.29 is 0 Å². The number of aromatic nitrogens is 1. The minimum absolute atomic E-state index is 0.654. The highest BCUT2D eigenvalue weighted by atomic mass is 35.5. The lowest BCUT2D eigenvalue weighted by atomic mass is 9.76. The van der Waals surface area contributed by atoms with Crippen molar-refractivity contribution in [3.63, 3.8) is 0 Å². The van der Waals surface area contributed by atoms with Crippen LogP contribution < -0.4 is 5.32 Å². The molecule has 1 aromatic heterocycles. The number of pyridine rings is 1. The molecule has 2 aromatic rings. The SMILES string of the molecule is Clc1cccc(C2CC(NCCc3ccncc3)C2)c1. The first-order valence-corrected chi connectivity index (χ1v) is 7.57. The summed E-state index contributed by atoms with van der Waals surface area (Å²) in [5, 5.41) is 4.47. The molecule has 1 aliphatic carbocycles. The highest BCUT2D eigenvalue weighted by Crippen LogP contribution is 2.37. The van der Waals surface area contributed by atoms with E-state index in [-0.39, 0.29) is 0 Å². The summed E-state index contributed by atoms with van der Waals surface area (Å²) in [4.78, 5) is 4.04. The van der Waals surface area contributed by atoms with Crippen LogP contribution in [0.5, 0.6) is 0 Å². The van der Waals surface area contributed by atoms with Crippen LogP contribution in [0.25, 0.3) is 0 Å². The van der Waals surface area contributed by atoms with Crippen LogP contribution in [0.3, 0.4) is 0 Å². The lowest BCUT2D eigenvalue weighted by molar-refractivity contribution is 0.293. The lowest BCUT2D eigenvalue weighted by Crippen LogP contribution is -2.40. The highest BCUT2D eigenvalue weighted by molar-refractivity contribution is 6.30. The van der Waals surface area contributed by atoms with Crippen LogP contribution in [-0.4, -0.2) is 17.6 Å². The molecule has 0 spiro atoms. The first kappa shape index (κ1) is 13.6. The molecule has 1 aromatic carbocycles. The summed E-state index contributed by atoms with van der Waals surface area (Å²) in [6.45, 7) is 1.04. The van der Waals surface area contributed by atoms with Gasteiger partial charge < -0.3 is 5.32 Å². The van der Waals surface area contributed by atoms with Crippen LogP contribution in [0.2, 0.25) is 5.02 Å². The standard InChI is InChI=1S/C17H19ClN2/c18-16-3-1-2-14(10-16)15-11-17(12-15)20-9-6-13-4-7-19-8-5-13/h1-5,7-8,10,15,17,20H,6,9,11-12H2. The maximum Gasteiger partial charge on any atom is 0.0408 e. The smallest absolute Gasteiger partial charge is 0.0408 e. The monoisotopic (exact) mass is 286 g/mol. The predicted molar refractivity (Wildman–Crippen MR) is 83.2 cm³/mol. The Morgan fingerprint density at radius 3 is 2.70 bits per heavy atom. The van der Waals surface area contributed by atoms with Gasteiger partial charge in [0.05, 0.1) is 0 Å². The first-order chi connectivity index (χ1) is 9.81. The molecule has 3 rings (SSSR count). The number of halogens is 1. The number of hydrogen-bond acceptors (Lipinski definition) is 2. The van der Waals surface area contributed by atoms with Gasteiger partial charge in [-0.2, -0.15) is 0 Å². The fourth-order valence-corrected chi connectivity index (χ4v) is 2.99. The molecule has 104 valence electrons. The van der Waals surface area contributed by atoms with Gasteiger partial charge in [0.2, 0.25) is 0 Å². The van der Waals surface area contributed by atoms with Crippen LogP contribution in [-0.2, 0) is 6.42 Å². The van der Waals surface area contributed by atoms with E-state index >= 15 is 0 Å². The summed E-state index contributed by atoms with van der Waals surface area (Å²) in [7, 11) is 0. The predicted octanol–water partition coefficient (Wildman–Crippen LogP) is 3.81. The van der Waals surface area contributed by atoms with E-state index in [1.807, 2.05) is 24.5 Å². The van der Waals surface area contributed by atoms with E-state index in [0.717, 1.165) is 18.0 Å². The van der Waals surface area contributed by atoms with Gasteiger partial charge in [-0.25, -0.2) is 0 Å². The fourth-order valence-electron chi connectivity index (χ4n) is 2.79. The Hall–Kier alpha value is -1.38. The molecule has 2 nitrogen and oxygen atoms in total. The minimum Gasteiger partial charge on any atom is -0.314 e. The third kappa shape index (κ3) is 3.38. The maximum atomic E-state index is 6.04. The topological polar surface area (TPSA) is 24.9 Å². The van der Waals surface area contributed by atoms with Gasteiger partial charge >= 0.3 is 0 Å². The zero-order valence-corrected chi connectivity index (χ0v) is 12.2. The third-order valence-electron chi connectivity index (χ3n) is 4.05. The Labute approximate surface area is 125 Å². The molecule has 0 atom stereocenters. The number of hydrogen-bond donors (Lipinski definition) is 1. The molecule has 1 fully saturated rings. The van der Waals surface area contributed by atoms with Crippen molar-refractivity contribution in [2.24, 2.45) is 0 Å². The third-order valence-corrected chi connectivity index (χ3v) is 4.29. The molecular weight excluding hydrogens is 268 g/mol. The molecule has 0 bridgehead atoms. The van der Waals surface area contributed by atoms with Crippen molar-refractivity contribution >= 4 is 11.6 Å². The number of nitrogens with zero attached hydrogens (tertiary/aromatic N) is 1. The number of nitrogens with one attached hydrogen (secondary N) is 1. The van der Waals surface area contributed by atoms with E-state index in [1.165, 1.54) is 24.0 Å². The van der Waals surface area contributed by atoms with Crippen LogP contribution in [0.15, 0.2) is 48.8 Å². The van der Waals surface area contributed by atoms with E-state index in [4.69, 9.17) is 11.6 Å². The van der Waals surface area contributed by atoms with Gasteiger partial charge in [-0.3, -0.25) is 4.98 Å². The van der Waals surface area contributed by atoms with Gasteiger partial charge in [-0.1, -0.05) is 23.7 Å². The summed E-state index contributed by atoms with van der Waals surface area (Å²) < 4.78 is 0. The van der Waals surface area contributed by atoms with E-state index in [0.29, 0.717) is 12.0 Å². The van der Waals surface area contributed by atoms with Crippen molar-refractivity contribution in [1.82, 2.24) is 10.3 Å². The van der Waals surface area contributed by atoms with Gasteiger partial charge in [0.25, 0.3) is 0 Å². The Morgan fingerprint density at radius 1 is 1.15 bits per heavy atom. The molecular formula is C17H19ClN2. The molecule has 3 heteroatoms. The first-order valence-electron chi connectivity index (χ1n) is 7.19. The zero-order valence-electron chi connectivity index (χ0n) is 11.4. The second-order valence-electron chi connectivity index (χ2n) is 5.48. The molecule has 1 aliphatic rings. The summed E-state index contributed by atoms with van der Waals surface area (Å²) >= 11 is 6.04. The molecule has 20 heavy (non-hydrogen) atoms. The van der Waals surface area contributed by atoms with Crippen LogP contribution in [0, 0.1) is 0 Å². The van der Waals surface area contributed by atoms with Gasteiger partial charge in [0.15, 0.2) is 0 Å². The fraction of sp³-hybridized carbons (Fsp3) is 0.353. The van der Waals surface area contributed by atoms with Gasteiger partial charge in [0, 0.05) is 23.5 Å². The largest absolute Gasteiger partial charge is 0.314 e. The van der Waals surface area contributed by atoms with Crippen molar-refractivity contribution in [2.45, 2.75) is 31.2 Å². The summed E-state index contributed by atoms with van der Waals surface area (Å²) in [6, 6.07) is 13.1. The normalized spacial score (nSPS) is 21.4. The molecule has 0 radical (unpaired) electrons. The second kappa shape index (κ2) is 6.38. The van der Waals surface area contributed by atoms with Gasteiger partial charge in [0.1, 0.15) is 0 Å². The Balaban J connectivity index is 1.40. The molecule has 1 heterocycles. The van der Waals surface area contributed by atoms with E-state index in [9.17, 15) is 0 Å². The van der Waals surface area contributed by atoms with Gasteiger partial charge in [-0.05, 0) is 67.1 Å². The quantitative estimate of drug-likeness (QED) is 0.904. The summed E-state index contributed by atoms with van der Waals surface area (Å²) in [5.41, 5.74) is 2.72. The van der Waals surface area contributed by atoms with Crippen molar-refractivity contribution in [2.75, 3.05) is 6.54 Å². The minimum atomic E-state index is 0.654. The van der Waals surface area contributed by atoms with Crippen molar-refractivity contribution in [3.05, 3.63) is 64.9 Å². The summed E-state index contributed by atoms with van der Waals surface area (Å²) in [6.07, 6.45) is 7.22. The molecule has 0 aliphatic heterocycles. The van der Waals surface area contributed by atoms with Crippen LogP contribution in [0.4, 0.5) is 0 Å². The maximum absolute atomic E-state index is 6.04. The molecule has 1 saturated carbocycles. The Morgan fingerprint density at radius 2 is 1.95 bits per heavy atom. The Kier molecular flexibility index (Phi) is 4.34. The van der Waals surface area contributed by atoms with E-state index < -0.39 is 0 Å². The Bertz CT molecular complexity index is 550. The van der Waals surface area contributed by atoms with E-state index in [1.54, 1.807) is 0 Å². The second-order valence-corrected chi connectivity index (χ2v) is 5.92. The number of benzene rings is 1. The van der Waals surface area contributed by atoms with Gasteiger partial charge in [-0.15, -0.1) is 0 Å². The molecule has 1 N–H and O–H groups in total. The molecule has 0 unspecified atom stereocenters. The molecule has 0 amide bonds. The lowest BCUT2D eigenvalue weighted by Gasteiger charge is -2.36. The van der Waals surface area contributed by atoms with Crippen molar-refractivity contribution in [3.8, 4) is 0 Å². The van der Waals surface area contributed by atoms with Crippen LogP contribution in [0.1, 0.15) is 29.9 Å². The van der Waals surface area contributed by atoms with E-state index in [2.05, 4.69) is 34.6 Å². The average molecular weight is 287 g/mol. The highest BCUT2D eigenvalue weighted by Gasteiger charge is 2.29. The van der Waals surface area contributed by atoms with Crippen LogP contribution >= 0.6 is 11.6 Å². The summed E-state index contributed by atoms with van der Waals surface area (Å²) in [5.74, 6) is 0.673.